The fraction of sp³-hybridized carbons (Fsp3) is 0.296. The summed E-state index contributed by atoms with van der Waals surface area (Å²) in [4.78, 5) is 11.4. The van der Waals surface area contributed by atoms with Crippen LogP contribution < -0.4 is 20.5 Å². The zero-order chi connectivity index (χ0) is 24.6. The summed E-state index contributed by atoms with van der Waals surface area (Å²) in [7, 11) is 0. The second-order valence-electron chi connectivity index (χ2n) is 8.44. The van der Waals surface area contributed by atoms with Crippen molar-refractivity contribution in [2.45, 2.75) is 25.2 Å². The van der Waals surface area contributed by atoms with Gasteiger partial charge >= 0.3 is 0 Å². The number of fused-ring (bicyclic) bond motifs is 1. The Morgan fingerprint density at radius 2 is 1.91 bits per heavy atom. The van der Waals surface area contributed by atoms with Crippen LogP contribution in [0.1, 0.15) is 33.2 Å². The lowest BCUT2D eigenvalue weighted by Gasteiger charge is -2.27. The predicted octanol–water partition coefficient (Wildman–Crippen LogP) is 2.71. The van der Waals surface area contributed by atoms with Crippen molar-refractivity contribution in [3.8, 4) is 17.2 Å². The summed E-state index contributed by atoms with van der Waals surface area (Å²) >= 11 is 0. The molecule has 1 amide bonds. The topological polar surface area (TPSA) is 123 Å². The van der Waals surface area contributed by atoms with E-state index in [1.54, 1.807) is 6.07 Å². The molecule has 0 saturated carbocycles. The Bertz CT molecular complexity index is 1140. The van der Waals surface area contributed by atoms with Gasteiger partial charge in [0.2, 0.25) is 0 Å². The molecule has 0 aromatic heterocycles. The van der Waals surface area contributed by atoms with Gasteiger partial charge in [0.15, 0.2) is 17.6 Å². The first-order valence-electron chi connectivity index (χ1n) is 11.5. The minimum atomic E-state index is -0.842. The molecule has 1 aliphatic rings. The number of hydrogen-bond acceptors (Lipinski definition) is 7. The highest BCUT2D eigenvalue weighted by Gasteiger charge is 2.21. The second-order valence-corrected chi connectivity index (χ2v) is 8.44. The summed E-state index contributed by atoms with van der Waals surface area (Å²) in [6.07, 6.45) is -0.295. The first-order chi connectivity index (χ1) is 17.0. The number of aromatic hydroxyl groups is 1. The average molecular weight is 479 g/mol. The van der Waals surface area contributed by atoms with Gasteiger partial charge in [0.05, 0.1) is 24.9 Å². The number of nitrogens with one attached hydrogen (secondary N) is 1. The lowest BCUT2D eigenvalue weighted by atomic mass is 10.0. The second kappa shape index (κ2) is 11.7. The molecule has 1 heterocycles. The van der Waals surface area contributed by atoms with Crippen molar-refractivity contribution in [2.24, 2.45) is 5.73 Å². The van der Waals surface area contributed by atoms with Crippen molar-refractivity contribution < 1.29 is 29.2 Å². The molecule has 3 aromatic carbocycles. The molecule has 35 heavy (non-hydrogen) atoms. The molecule has 0 unspecified atom stereocenters. The number of hydrogen-bond donors (Lipinski definition) is 4. The van der Waals surface area contributed by atoms with Gasteiger partial charge in [-0.1, -0.05) is 42.5 Å². The Balaban J connectivity index is 1.23. The summed E-state index contributed by atoms with van der Waals surface area (Å²) in [6, 6.07) is 20.2. The number of aliphatic hydroxyl groups excluding tert-OH is 1. The maximum Gasteiger partial charge on any atom is 0.252 e. The molecule has 0 bridgehead atoms. The predicted molar refractivity (Wildman–Crippen MR) is 131 cm³/mol. The molecule has 0 aliphatic carbocycles. The van der Waals surface area contributed by atoms with Gasteiger partial charge in [-0.05, 0) is 53.9 Å². The molecular weight excluding hydrogens is 448 g/mol. The molecule has 0 fully saturated rings. The van der Waals surface area contributed by atoms with Crippen LogP contribution in [-0.2, 0) is 17.8 Å². The van der Waals surface area contributed by atoms with Crippen LogP contribution in [0.25, 0.3) is 0 Å². The summed E-state index contributed by atoms with van der Waals surface area (Å²) in [5.41, 5.74) is 7.93. The Morgan fingerprint density at radius 3 is 2.71 bits per heavy atom. The van der Waals surface area contributed by atoms with Crippen molar-refractivity contribution in [1.82, 2.24) is 5.32 Å². The maximum absolute atomic E-state index is 11.4. The zero-order valence-electron chi connectivity index (χ0n) is 19.4. The third-order valence-electron chi connectivity index (χ3n) is 5.74. The van der Waals surface area contributed by atoms with Gasteiger partial charge in [-0.15, -0.1) is 0 Å². The first kappa shape index (κ1) is 24.5. The van der Waals surface area contributed by atoms with Crippen molar-refractivity contribution in [3.63, 3.8) is 0 Å². The molecule has 0 spiro atoms. The SMILES string of the molecule is NC(=O)c1cc([C@@H](O)CNCCc2ccc3c(c2)O[C@H](COCc2ccccc2)CO3)ccc1O. The lowest BCUT2D eigenvalue weighted by molar-refractivity contribution is 0.00266. The number of rotatable bonds is 11. The van der Waals surface area contributed by atoms with Crippen molar-refractivity contribution in [3.05, 3.63) is 89.0 Å². The Labute approximate surface area is 204 Å². The van der Waals surface area contributed by atoms with E-state index in [-0.39, 0.29) is 24.0 Å². The number of phenols is 1. The molecule has 4 rings (SSSR count). The first-order valence-corrected chi connectivity index (χ1v) is 11.5. The van der Waals surface area contributed by atoms with Gasteiger partial charge < -0.3 is 35.5 Å². The van der Waals surface area contributed by atoms with Crippen LogP contribution in [0, 0.1) is 0 Å². The number of ether oxygens (including phenoxy) is 3. The number of primary amides is 1. The fourth-order valence-corrected chi connectivity index (χ4v) is 3.83. The molecule has 184 valence electrons. The monoisotopic (exact) mass is 478 g/mol. The van der Waals surface area contributed by atoms with E-state index in [9.17, 15) is 15.0 Å². The van der Waals surface area contributed by atoms with Crippen LogP contribution in [0.2, 0.25) is 0 Å². The van der Waals surface area contributed by atoms with Crippen LogP contribution >= 0.6 is 0 Å². The fourth-order valence-electron chi connectivity index (χ4n) is 3.83. The van der Waals surface area contributed by atoms with Gasteiger partial charge in [-0.2, -0.15) is 0 Å². The number of aliphatic hydroxyl groups is 1. The van der Waals surface area contributed by atoms with E-state index in [0.717, 1.165) is 17.5 Å². The standard InChI is InChI=1S/C27H30N2O6/c28-27(32)22-13-20(7-8-23(22)30)24(31)14-29-11-10-18-6-9-25-26(12-18)35-21(17-34-25)16-33-15-19-4-2-1-3-5-19/h1-9,12-13,21,24,29-31H,10-11,14-17H2,(H2,28,32)/t21-,24+/m1/s1. The van der Waals surface area contributed by atoms with Crippen LogP contribution in [0.5, 0.6) is 17.2 Å². The highest BCUT2D eigenvalue weighted by Crippen LogP contribution is 2.33. The van der Waals surface area contributed by atoms with E-state index < -0.39 is 12.0 Å². The number of benzene rings is 3. The smallest absolute Gasteiger partial charge is 0.252 e. The zero-order valence-corrected chi connectivity index (χ0v) is 19.4. The summed E-state index contributed by atoms with van der Waals surface area (Å²) in [5, 5.41) is 23.3. The van der Waals surface area contributed by atoms with Crippen molar-refractivity contribution in [1.29, 1.82) is 0 Å². The quantitative estimate of drug-likeness (QED) is 0.313. The molecule has 8 nitrogen and oxygen atoms in total. The van der Waals surface area contributed by atoms with E-state index in [2.05, 4.69) is 5.32 Å². The molecule has 5 N–H and O–H groups in total. The molecular formula is C27H30N2O6. The number of carbonyl (C=O) groups is 1. The van der Waals surface area contributed by atoms with Crippen LogP contribution in [0.15, 0.2) is 66.7 Å². The van der Waals surface area contributed by atoms with Crippen LogP contribution in [0.4, 0.5) is 0 Å². The largest absolute Gasteiger partial charge is 0.507 e. The highest BCUT2D eigenvalue weighted by atomic mass is 16.6. The maximum atomic E-state index is 11.4. The van der Waals surface area contributed by atoms with Gasteiger partial charge in [-0.25, -0.2) is 0 Å². The minimum Gasteiger partial charge on any atom is -0.507 e. The minimum absolute atomic E-state index is 0.0124. The van der Waals surface area contributed by atoms with Gasteiger partial charge in [0, 0.05) is 6.54 Å². The van der Waals surface area contributed by atoms with E-state index in [1.165, 1.54) is 12.1 Å². The van der Waals surface area contributed by atoms with Gasteiger partial charge in [0.25, 0.3) is 5.91 Å². The number of amides is 1. The van der Waals surface area contributed by atoms with Crippen molar-refractivity contribution in [2.75, 3.05) is 26.3 Å². The molecule has 8 heteroatoms. The Morgan fingerprint density at radius 1 is 1.09 bits per heavy atom. The van der Waals surface area contributed by atoms with Crippen molar-refractivity contribution >= 4 is 5.91 Å². The van der Waals surface area contributed by atoms with Crippen LogP contribution in [0.3, 0.4) is 0 Å². The molecule has 2 atom stereocenters. The summed E-state index contributed by atoms with van der Waals surface area (Å²) < 4.78 is 17.7. The van der Waals surface area contributed by atoms with E-state index in [4.69, 9.17) is 19.9 Å². The molecule has 0 radical (unpaired) electrons. The lowest BCUT2D eigenvalue weighted by Crippen LogP contribution is -2.33. The Kier molecular flexibility index (Phi) is 8.20. The highest BCUT2D eigenvalue weighted by molar-refractivity contribution is 5.95. The van der Waals surface area contributed by atoms with Gasteiger partial charge in [0.1, 0.15) is 12.4 Å². The summed E-state index contributed by atoms with van der Waals surface area (Å²) in [6.45, 7) is 2.32. The molecule has 0 saturated heterocycles. The van der Waals surface area contributed by atoms with Crippen LogP contribution in [-0.4, -0.2) is 48.5 Å². The normalized spacial score (nSPS) is 15.5. The van der Waals surface area contributed by atoms with E-state index >= 15 is 0 Å². The summed E-state index contributed by atoms with van der Waals surface area (Å²) in [5.74, 6) is 0.470. The van der Waals surface area contributed by atoms with E-state index in [0.29, 0.717) is 43.4 Å². The third kappa shape index (κ3) is 6.73. The molecule has 1 aliphatic heterocycles. The Hall–Kier alpha value is -3.59. The van der Waals surface area contributed by atoms with Gasteiger partial charge in [-0.3, -0.25) is 4.79 Å². The average Bonchev–Trinajstić information content (AvgIpc) is 2.87. The molecule has 3 aromatic rings. The third-order valence-corrected chi connectivity index (χ3v) is 5.74. The number of nitrogens with two attached hydrogens (primary N) is 1. The number of carbonyl (C=O) groups excluding carboxylic acids is 1. The van der Waals surface area contributed by atoms with E-state index in [1.807, 2.05) is 48.5 Å².